The molecule has 0 heterocycles. The fourth-order valence-corrected chi connectivity index (χ4v) is 9.01. The summed E-state index contributed by atoms with van der Waals surface area (Å²) < 4.78 is 5.46. The van der Waals surface area contributed by atoms with Crippen LogP contribution in [0.4, 0.5) is 0 Å². The number of aliphatic hydroxyl groups excluding tert-OH is 2. The molecule has 0 saturated carbocycles. The number of hydrogen-bond acceptors (Lipinski definition) is 5. The number of unbranched alkanes of at least 4 members (excludes halogenated alkanes) is 37. The van der Waals surface area contributed by atoms with E-state index in [0.29, 0.717) is 25.9 Å². The highest BCUT2D eigenvalue weighted by atomic mass is 16.5. The number of rotatable bonds is 55. The zero-order valence-corrected chi connectivity index (χ0v) is 45.3. The summed E-state index contributed by atoms with van der Waals surface area (Å²) in [5.41, 5.74) is 0. The van der Waals surface area contributed by atoms with Gasteiger partial charge in [0, 0.05) is 12.8 Å². The summed E-state index contributed by atoms with van der Waals surface area (Å²) in [6.07, 6.45) is 72.5. The van der Waals surface area contributed by atoms with E-state index < -0.39 is 12.1 Å². The Labute approximate surface area is 423 Å². The quantitative estimate of drug-likeness (QED) is 0.0244. The fraction of sp³-hybridized carbons (Fsp3) is 0.839. The monoisotopic (exact) mass is 954 g/mol. The largest absolute Gasteiger partial charge is 0.466 e. The van der Waals surface area contributed by atoms with Crippen LogP contribution in [0.1, 0.15) is 309 Å². The van der Waals surface area contributed by atoms with Crippen molar-refractivity contribution in [3.05, 3.63) is 48.6 Å². The third kappa shape index (κ3) is 53.2. The molecule has 0 aromatic heterocycles. The van der Waals surface area contributed by atoms with Crippen LogP contribution in [0, 0.1) is 0 Å². The van der Waals surface area contributed by atoms with Crippen LogP contribution in [0.5, 0.6) is 0 Å². The molecular weight excluding hydrogens is 839 g/mol. The molecule has 0 aliphatic carbocycles. The number of amides is 1. The van der Waals surface area contributed by atoms with Crippen LogP contribution in [0.3, 0.4) is 0 Å². The highest BCUT2D eigenvalue weighted by Crippen LogP contribution is 2.17. The molecule has 0 fully saturated rings. The number of carbonyl (C=O) groups is 2. The second-order valence-electron chi connectivity index (χ2n) is 20.4. The number of ether oxygens (including phenoxy) is 1. The van der Waals surface area contributed by atoms with Gasteiger partial charge in [-0.15, -0.1) is 0 Å². The maximum Gasteiger partial charge on any atom is 0.305 e. The summed E-state index contributed by atoms with van der Waals surface area (Å²) in [4.78, 5) is 24.5. The van der Waals surface area contributed by atoms with Gasteiger partial charge in [-0.25, -0.2) is 0 Å². The highest BCUT2D eigenvalue weighted by molar-refractivity contribution is 5.76. The molecule has 1 amide bonds. The first-order chi connectivity index (χ1) is 33.5. The summed E-state index contributed by atoms with van der Waals surface area (Å²) in [5.74, 6) is -0.0659. The fourth-order valence-electron chi connectivity index (χ4n) is 9.01. The van der Waals surface area contributed by atoms with Crippen LogP contribution in [-0.4, -0.2) is 47.4 Å². The molecule has 0 spiro atoms. The van der Waals surface area contributed by atoms with E-state index in [0.717, 1.165) is 77.0 Å². The van der Waals surface area contributed by atoms with Crippen molar-refractivity contribution >= 4 is 11.9 Å². The molecule has 3 N–H and O–H groups in total. The summed E-state index contributed by atoms with van der Waals surface area (Å²) >= 11 is 0. The van der Waals surface area contributed by atoms with Gasteiger partial charge in [-0.05, 0) is 89.9 Å². The van der Waals surface area contributed by atoms with E-state index in [2.05, 4.69) is 67.8 Å². The number of carbonyl (C=O) groups excluding carboxylic acids is 2. The van der Waals surface area contributed by atoms with Gasteiger partial charge in [0.15, 0.2) is 0 Å². The molecular formula is C62H115NO5. The zero-order valence-electron chi connectivity index (χ0n) is 45.3. The molecule has 0 aromatic rings. The minimum Gasteiger partial charge on any atom is -0.466 e. The number of nitrogens with one attached hydrogen (secondary N) is 1. The van der Waals surface area contributed by atoms with Gasteiger partial charge in [0.25, 0.3) is 0 Å². The van der Waals surface area contributed by atoms with E-state index >= 15 is 0 Å². The molecule has 398 valence electrons. The van der Waals surface area contributed by atoms with Gasteiger partial charge in [0.2, 0.25) is 5.91 Å². The minimum atomic E-state index is -0.672. The number of esters is 1. The van der Waals surface area contributed by atoms with Gasteiger partial charge >= 0.3 is 5.97 Å². The Hall–Kier alpha value is -2.18. The van der Waals surface area contributed by atoms with Crippen molar-refractivity contribution < 1.29 is 24.5 Å². The van der Waals surface area contributed by atoms with E-state index in [1.807, 2.05) is 0 Å². The molecule has 0 aliphatic rings. The molecule has 0 radical (unpaired) electrons. The Balaban J connectivity index is 3.48. The Morgan fingerprint density at radius 3 is 1.22 bits per heavy atom. The van der Waals surface area contributed by atoms with E-state index in [9.17, 15) is 19.8 Å². The van der Waals surface area contributed by atoms with Gasteiger partial charge in [-0.3, -0.25) is 9.59 Å². The van der Waals surface area contributed by atoms with Crippen molar-refractivity contribution in [2.24, 2.45) is 0 Å². The first-order valence-electron chi connectivity index (χ1n) is 29.9. The van der Waals surface area contributed by atoms with E-state index in [4.69, 9.17) is 4.74 Å². The summed E-state index contributed by atoms with van der Waals surface area (Å²) in [6, 6.07) is -0.550. The maximum absolute atomic E-state index is 12.5. The van der Waals surface area contributed by atoms with Crippen LogP contribution < -0.4 is 5.32 Å². The first kappa shape index (κ1) is 65.8. The van der Waals surface area contributed by atoms with Crippen molar-refractivity contribution in [3.63, 3.8) is 0 Å². The Kier molecular flexibility index (Phi) is 55.6. The van der Waals surface area contributed by atoms with Gasteiger partial charge in [0.1, 0.15) is 0 Å². The predicted molar refractivity (Wildman–Crippen MR) is 296 cm³/mol. The molecule has 0 aliphatic heterocycles. The Morgan fingerprint density at radius 1 is 0.426 bits per heavy atom. The average Bonchev–Trinajstić information content (AvgIpc) is 3.34. The Morgan fingerprint density at radius 2 is 0.779 bits per heavy atom. The van der Waals surface area contributed by atoms with Crippen molar-refractivity contribution in [3.8, 4) is 0 Å². The second kappa shape index (κ2) is 57.4. The molecule has 0 bridgehead atoms. The topological polar surface area (TPSA) is 95.9 Å². The highest BCUT2D eigenvalue weighted by Gasteiger charge is 2.20. The lowest BCUT2D eigenvalue weighted by atomic mass is 10.0. The summed E-state index contributed by atoms with van der Waals surface area (Å²) in [6.45, 7) is 4.90. The smallest absolute Gasteiger partial charge is 0.305 e. The zero-order chi connectivity index (χ0) is 49.3. The van der Waals surface area contributed by atoms with Gasteiger partial charge < -0.3 is 20.3 Å². The Bertz CT molecular complexity index is 1150. The molecule has 6 nitrogen and oxygen atoms in total. The number of hydrogen-bond donors (Lipinski definition) is 3. The van der Waals surface area contributed by atoms with Gasteiger partial charge in [-0.2, -0.15) is 0 Å². The summed E-state index contributed by atoms with van der Waals surface area (Å²) in [5, 5.41) is 23.3. The minimum absolute atomic E-state index is 0.0209. The number of allylic oxidation sites excluding steroid dienone is 8. The third-order valence-corrected chi connectivity index (χ3v) is 13.6. The average molecular weight is 955 g/mol. The predicted octanol–water partition coefficient (Wildman–Crippen LogP) is 18.6. The molecule has 6 heteroatoms. The van der Waals surface area contributed by atoms with Crippen LogP contribution >= 0.6 is 0 Å². The van der Waals surface area contributed by atoms with Crippen LogP contribution in [0.25, 0.3) is 0 Å². The van der Waals surface area contributed by atoms with E-state index in [1.165, 1.54) is 199 Å². The third-order valence-electron chi connectivity index (χ3n) is 13.6. The lowest BCUT2D eigenvalue weighted by molar-refractivity contribution is -0.143. The normalized spacial score (nSPS) is 12.9. The van der Waals surface area contributed by atoms with Crippen molar-refractivity contribution in [1.82, 2.24) is 5.32 Å². The van der Waals surface area contributed by atoms with Crippen molar-refractivity contribution in [2.45, 2.75) is 321 Å². The molecule has 2 unspecified atom stereocenters. The molecule has 0 rings (SSSR count). The summed E-state index contributed by atoms with van der Waals surface area (Å²) in [7, 11) is 0. The van der Waals surface area contributed by atoms with Gasteiger partial charge in [-0.1, -0.05) is 255 Å². The molecule has 0 saturated heterocycles. The molecule has 0 aromatic carbocycles. The van der Waals surface area contributed by atoms with Crippen LogP contribution in [0.15, 0.2) is 48.6 Å². The van der Waals surface area contributed by atoms with Crippen molar-refractivity contribution in [1.29, 1.82) is 0 Å². The van der Waals surface area contributed by atoms with E-state index in [1.54, 1.807) is 0 Å². The lowest BCUT2D eigenvalue weighted by Gasteiger charge is -2.22. The molecule has 2 atom stereocenters. The van der Waals surface area contributed by atoms with E-state index in [-0.39, 0.29) is 18.5 Å². The standard InChI is InChI=1S/C62H115NO5/c1-3-5-7-9-11-13-15-17-19-20-25-28-32-36-40-44-48-52-56-62(67)68-57-53-49-45-41-37-33-29-26-23-21-22-24-27-31-35-39-43-47-51-55-61(66)63-59(58-64)60(65)54-50-46-42-38-34-30-18-16-14-12-10-8-6-4-2/h13,15,19-20,26,29,33,37,59-60,64-65H,3-12,14,16-18,21-25,27-28,30-32,34-36,38-58H2,1-2H3,(H,63,66)/b15-13-,20-19-,29-26-,37-33-. The first-order valence-corrected chi connectivity index (χ1v) is 29.9. The maximum atomic E-state index is 12.5. The van der Waals surface area contributed by atoms with Gasteiger partial charge in [0.05, 0.1) is 25.4 Å². The molecule has 68 heavy (non-hydrogen) atoms. The number of aliphatic hydroxyl groups is 2. The van der Waals surface area contributed by atoms with Crippen LogP contribution in [-0.2, 0) is 14.3 Å². The van der Waals surface area contributed by atoms with Crippen LogP contribution in [0.2, 0.25) is 0 Å². The SMILES string of the molecule is CCCCCC/C=C\C/C=C\CCCCCCCCCC(=O)OCCCCC/C=C\C=C/CCCCCCCCCCCCC(=O)NC(CO)C(O)CCCCCCCCCCCCCCCC. The second-order valence-corrected chi connectivity index (χ2v) is 20.4. The lowest BCUT2D eigenvalue weighted by Crippen LogP contribution is -2.45. The van der Waals surface area contributed by atoms with Crippen molar-refractivity contribution in [2.75, 3.05) is 13.2 Å².